The van der Waals surface area contributed by atoms with Gasteiger partial charge in [-0.2, -0.15) is 5.10 Å². The van der Waals surface area contributed by atoms with Gasteiger partial charge in [-0.3, -0.25) is 19.6 Å². The van der Waals surface area contributed by atoms with E-state index >= 15 is 4.39 Å². The minimum Gasteiger partial charge on any atom is -0.444 e. The summed E-state index contributed by atoms with van der Waals surface area (Å²) in [5, 5.41) is 7.78. The first-order valence-corrected chi connectivity index (χ1v) is 10.9. The van der Waals surface area contributed by atoms with Crippen LogP contribution in [0.1, 0.15) is 57.2 Å². The van der Waals surface area contributed by atoms with Crippen LogP contribution in [-0.2, 0) is 27.8 Å². The van der Waals surface area contributed by atoms with Crippen LogP contribution >= 0.6 is 0 Å². The van der Waals surface area contributed by atoms with Crippen molar-refractivity contribution in [3.05, 3.63) is 29.5 Å². The van der Waals surface area contributed by atoms with Crippen LogP contribution in [-0.4, -0.2) is 56.9 Å². The van der Waals surface area contributed by atoms with Crippen molar-refractivity contribution < 1.29 is 23.5 Å². The number of rotatable bonds is 4. The number of halogens is 1. The third kappa shape index (κ3) is 4.47. The van der Waals surface area contributed by atoms with Crippen molar-refractivity contribution in [3.63, 3.8) is 0 Å². The Labute approximate surface area is 186 Å². The fourth-order valence-electron chi connectivity index (χ4n) is 4.32. The smallest absolute Gasteiger partial charge is 0.410 e. The minimum absolute atomic E-state index is 0.0372. The molecule has 1 N–H and O–H groups in total. The van der Waals surface area contributed by atoms with E-state index in [9.17, 15) is 14.4 Å². The van der Waals surface area contributed by atoms with Crippen molar-refractivity contribution >= 4 is 28.8 Å². The molecule has 32 heavy (non-hydrogen) atoms. The zero-order valence-corrected chi connectivity index (χ0v) is 18.9. The number of aromatic nitrogens is 2. The molecule has 1 aromatic carbocycles. The summed E-state index contributed by atoms with van der Waals surface area (Å²) in [5.74, 6) is -1.02. The zero-order valence-electron chi connectivity index (χ0n) is 18.9. The number of imide groups is 1. The Morgan fingerprint density at radius 3 is 2.69 bits per heavy atom. The van der Waals surface area contributed by atoms with Gasteiger partial charge in [0.1, 0.15) is 11.3 Å². The summed E-state index contributed by atoms with van der Waals surface area (Å²) in [6.45, 7) is 5.43. The number of aryl methyl sites for hydroxylation is 2. The van der Waals surface area contributed by atoms with Crippen LogP contribution in [0.15, 0.2) is 18.2 Å². The zero-order chi connectivity index (χ0) is 23.3. The highest BCUT2D eigenvalue weighted by Gasteiger charge is 2.46. The van der Waals surface area contributed by atoms with Crippen molar-refractivity contribution in [2.75, 3.05) is 13.1 Å². The molecule has 0 radical (unpaired) electrons. The number of fused-ring (bicyclic) bond motifs is 1. The lowest BCUT2D eigenvalue weighted by molar-refractivity contribution is -0.134. The molecule has 2 aliphatic heterocycles. The minimum atomic E-state index is -1.42. The number of hydrogen-bond donors (Lipinski definition) is 1. The quantitative estimate of drug-likeness (QED) is 0.732. The molecule has 0 saturated carbocycles. The van der Waals surface area contributed by atoms with Crippen molar-refractivity contribution in [3.8, 4) is 0 Å². The van der Waals surface area contributed by atoms with Gasteiger partial charge in [0.25, 0.3) is 0 Å². The van der Waals surface area contributed by atoms with E-state index in [2.05, 4.69) is 10.4 Å². The number of carbonyl (C=O) groups is 3. The van der Waals surface area contributed by atoms with Crippen molar-refractivity contribution in [1.82, 2.24) is 20.0 Å². The first-order valence-electron chi connectivity index (χ1n) is 10.9. The van der Waals surface area contributed by atoms with Crippen LogP contribution in [0.5, 0.6) is 0 Å². The van der Waals surface area contributed by atoms with Crippen LogP contribution in [0.4, 0.5) is 9.18 Å². The number of likely N-dealkylation sites (tertiary alicyclic amines) is 1. The number of ether oxygens (including phenoxy) is 1. The van der Waals surface area contributed by atoms with E-state index in [1.807, 2.05) is 25.2 Å². The van der Waals surface area contributed by atoms with Gasteiger partial charge in [-0.05, 0) is 51.7 Å². The lowest BCUT2D eigenvalue weighted by atomic mass is 9.89. The van der Waals surface area contributed by atoms with E-state index in [4.69, 9.17) is 4.74 Å². The number of nitrogens with one attached hydrogen (secondary N) is 1. The normalized spacial score (nSPS) is 20.8. The maximum absolute atomic E-state index is 15.0. The number of piperidine rings is 1. The summed E-state index contributed by atoms with van der Waals surface area (Å²) in [4.78, 5) is 37.1. The topological polar surface area (TPSA) is 93.5 Å². The lowest BCUT2D eigenvalue weighted by Crippen LogP contribution is -2.61. The van der Waals surface area contributed by atoms with Crippen molar-refractivity contribution in [1.29, 1.82) is 0 Å². The molecular formula is C23H29FN4O4. The number of benzene rings is 1. The van der Waals surface area contributed by atoms with Crippen LogP contribution in [0.25, 0.3) is 10.9 Å². The molecule has 1 atom stereocenters. The van der Waals surface area contributed by atoms with Gasteiger partial charge in [-0.15, -0.1) is 0 Å². The highest BCUT2D eigenvalue weighted by molar-refractivity contribution is 6.02. The maximum atomic E-state index is 15.0. The Bertz CT molecular complexity index is 1080. The number of nitrogens with zero attached hydrogens (tertiary/aromatic N) is 3. The molecule has 2 aliphatic rings. The monoisotopic (exact) mass is 444 g/mol. The molecule has 0 bridgehead atoms. The predicted octanol–water partition coefficient (Wildman–Crippen LogP) is 2.99. The molecule has 1 aromatic heterocycles. The van der Waals surface area contributed by atoms with Crippen molar-refractivity contribution in [2.45, 2.75) is 63.6 Å². The Morgan fingerprint density at radius 1 is 1.31 bits per heavy atom. The lowest BCUT2D eigenvalue weighted by Gasteiger charge is -2.44. The fourth-order valence-corrected chi connectivity index (χ4v) is 4.32. The average molecular weight is 445 g/mol. The molecule has 0 spiro atoms. The largest absolute Gasteiger partial charge is 0.444 e. The second-order valence-electron chi connectivity index (χ2n) is 9.85. The molecule has 8 nitrogen and oxygen atoms in total. The average Bonchev–Trinajstić information content (AvgIpc) is 2.99. The Hall–Kier alpha value is -2.97. The van der Waals surface area contributed by atoms with Crippen LogP contribution < -0.4 is 5.32 Å². The summed E-state index contributed by atoms with van der Waals surface area (Å²) in [6.07, 6.45) is 1.08. The maximum Gasteiger partial charge on any atom is 0.410 e. The Kier molecular flexibility index (Phi) is 5.46. The summed E-state index contributed by atoms with van der Waals surface area (Å²) < 4.78 is 22.0. The fraction of sp³-hybridized carbons (Fsp3) is 0.565. The Morgan fingerprint density at radius 2 is 2.03 bits per heavy atom. The third-order valence-electron chi connectivity index (χ3n) is 5.98. The van der Waals surface area contributed by atoms with E-state index in [-0.39, 0.29) is 24.9 Å². The van der Waals surface area contributed by atoms with Crippen LogP contribution in [0, 0.1) is 0 Å². The van der Waals surface area contributed by atoms with E-state index in [0.717, 1.165) is 16.5 Å². The highest BCUT2D eigenvalue weighted by Crippen LogP contribution is 2.33. The van der Waals surface area contributed by atoms with Gasteiger partial charge < -0.3 is 9.64 Å². The number of carbonyl (C=O) groups excluding carboxylic acids is 3. The summed E-state index contributed by atoms with van der Waals surface area (Å²) in [7, 11) is 1.81. The highest BCUT2D eigenvalue weighted by atomic mass is 19.1. The second-order valence-corrected chi connectivity index (χ2v) is 9.85. The van der Waals surface area contributed by atoms with E-state index in [0.29, 0.717) is 31.4 Å². The first-order chi connectivity index (χ1) is 14.9. The summed E-state index contributed by atoms with van der Waals surface area (Å²) in [5.41, 5.74) is 0.461. The molecule has 1 unspecified atom stereocenters. The van der Waals surface area contributed by atoms with Crippen LogP contribution in [0.2, 0.25) is 0 Å². The first kappa shape index (κ1) is 22.2. The van der Waals surface area contributed by atoms with Crippen LogP contribution in [0.3, 0.4) is 0 Å². The number of alkyl halides is 1. The van der Waals surface area contributed by atoms with E-state index < -0.39 is 23.3 Å². The molecule has 0 aliphatic carbocycles. The van der Waals surface area contributed by atoms with Gasteiger partial charge in [0.15, 0.2) is 0 Å². The van der Waals surface area contributed by atoms with Gasteiger partial charge in [0, 0.05) is 18.9 Å². The summed E-state index contributed by atoms with van der Waals surface area (Å²) in [6, 6.07) is 5.80. The summed E-state index contributed by atoms with van der Waals surface area (Å²) >= 11 is 0. The Balaban J connectivity index is 1.41. The number of amides is 3. The molecular weight excluding hydrogens is 415 g/mol. The van der Waals surface area contributed by atoms with Gasteiger partial charge in [-0.1, -0.05) is 12.1 Å². The van der Waals surface area contributed by atoms with Gasteiger partial charge in [-0.25, -0.2) is 9.18 Å². The van der Waals surface area contributed by atoms with E-state index in [1.54, 1.807) is 25.5 Å². The van der Waals surface area contributed by atoms with Gasteiger partial charge >= 0.3 is 6.09 Å². The molecule has 4 rings (SSSR count). The second kappa shape index (κ2) is 7.86. The molecule has 3 heterocycles. The SMILES string of the molecule is Cn1nc(C2CCC(=O)NC2=O)c2ccc(CCC3(F)CN(C(=O)OC(C)(C)C)C3)cc21. The predicted molar refractivity (Wildman–Crippen MR) is 116 cm³/mol. The molecule has 9 heteroatoms. The molecule has 2 fully saturated rings. The molecule has 2 saturated heterocycles. The van der Waals surface area contributed by atoms with Crippen molar-refractivity contribution in [2.24, 2.45) is 7.05 Å². The molecule has 172 valence electrons. The van der Waals surface area contributed by atoms with Gasteiger partial charge in [0.2, 0.25) is 11.8 Å². The molecule has 3 amide bonds. The number of hydrogen-bond acceptors (Lipinski definition) is 5. The van der Waals surface area contributed by atoms with Gasteiger partial charge in [0.05, 0.1) is 30.2 Å². The molecule has 2 aromatic rings. The standard InChI is InChI=1S/C23H29FN4O4/c1-22(2,3)32-21(31)28-12-23(24,13-28)10-9-14-5-6-15-17(11-14)27(4)26-19(15)16-7-8-18(29)25-20(16)30/h5-6,11,16H,7-10,12-13H2,1-4H3,(H,25,29,30). The van der Waals surface area contributed by atoms with E-state index in [1.165, 1.54) is 4.90 Å². The third-order valence-corrected chi connectivity index (χ3v) is 5.98.